The van der Waals surface area contributed by atoms with Crippen LogP contribution in [0, 0.1) is 30.3 Å². The Morgan fingerprint density at radius 2 is 1.47 bits per heavy atom. The van der Waals surface area contributed by atoms with Crippen molar-refractivity contribution in [2.24, 2.45) is 0 Å². The third kappa shape index (κ3) is 3.15. The maximum Gasteiger partial charge on any atom is 0.215 e. The van der Waals surface area contributed by atoms with Gasteiger partial charge in [-0.1, -0.05) is 15.0 Å². The van der Waals surface area contributed by atoms with Crippen LogP contribution in [0.5, 0.6) is 0 Å². The van der Waals surface area contributed by atoms with E-state index in [1.165, 1.54) is 6.08 Å². The first-order valence-corrected chi connectivity index (χ1v) is 4.28. The van der Waals surface area contributed by atoms with E-state index in [0.717, 1.165) is 6.20 Å². The summed E-state index contributed by atoms with van der Waals surface area (Å²) in [6.07, 6.45) is 2.13. The van der Waals surface area contributed by atoms with Crippen LogP contribution >= 0.6 is 0 Å². The highest BCUT2D eigenvalue weighted by Crippen LogP contribution is 2.04. The fraction of sp³-hybridized carbons (Fsp3) is 0.600. The first-order valence-electron chi connectivity index (χ1n) is 4.28. The van der Waals surface area contributed by atoms with Gasteiger partial charge in [0.25, 0.3) is 0 Å². The second-order valence-corrected chi connectivity index (χ2v) is 3.02. The molecule has 0 N–H and O–H groups in total. The first-order chi connectivity index (χ1) is 7.91. The Labute approximate surface area is 93.7 Å². The highest BCUT2D eigenvalue weighted by Gasteiger charge is 2.30. The molecule has 1 heterocycles. The summed E-state index contributed by atoms with van der Waals surface area (Å²) < 4.78 is 0. The molecule has 0 aromatic rings. The smallest absolute Gasteiger partial charge is 0.215 e. The van der Waals surface area contributed by atoms with E-state index >= 15 is 0 Å². The molecule has 0 fully saturated rings. The summed E-state index contributed by atoms with van der Waals surface area (Å²) in [7, 11) is 0. The zero-order valence-corrected chi connectivity index (χ0v) is 8.41. The Balaban J connectivity index is 2.89. The number of nitrogens with zero attached hydrogens (tertiary/aromatic N) is 6. The van der Waals surface area contributed by atoms with Crippen molar-refractivity contribution in [1.29, 1.82) is 0 Å². The molecule has 0 saturated carbocycles. The Hall–Kier alpha value is -2.66. The van der Waals surface area contributed by atoms with Crippen molar-refractivity contribution in [3.63, 3.8) is 0 Å². The van der Waals surface area contributed by atoms with Gasteiger partial charge in [-0.15, -0.1) is 0 Å². The first kappa shape index (κ1) is 12.4. The van der Waals surface area contributed by atoms with Gasteiger partial charge < -0.3 is 0 Å². The standard InChI is InChI=1S/C5H8N6O6/c12-9(13)6-2-1-3-7(10(14)15)5-8(4-6)11(16)17/h1-2H,3-5H2. The third-order valence-corrected chi connectivity index (χ3v) is 1.90. The zero-order chi connectivity index (χ0) is 13.0. The van der Waals surface area contributed by atoms with Gasteiger partial charge in [-0.05, 0) is 6.08 Å². The largest absolute Gasteiger partial charge is 0.235 e. The predicted octanol–water partition coefficient (Wildman–Crippen LogP) is -1.09. The third-order valence-electron chi connectivity index (χ3n) is 1.90. The van der Waals surface area contributed by atoms with E-state index in [9.17, 15) is 30.3 Å². The molecule has 0 radical (unpaired) electrons. The van der Waals surface area contributed by atoms with Gasteiger partial charge in [-0.2, -0.15) is 0 Å². The molecule has 94 valence electrons. The van der Waals surface area contributed by atoms with E-state index in [2.05, 4.69) is 0 Å². The van der Waals surface area contributed by atoms with Crippen LogP contribution in [0.1, 0.15) is 0 Å². The van der Waals surface area contributed by atoms with Crippen molar-refractivity contribution in [2.45, 2.75) is 0 Å². The Bertz CT molecular complexity index is 370. The molecule has 0 aliphatic carbocycles. The summed E-state index contributed by atoms with van der Waals surface area (Å²) in [5.74, 6) is 0. The molecule has 0 amide bonds. The van der Waals surface area contributed by atoms with Gasteiger partial charge in [0.05, 0.1) is 6.20 Å². The van der Waals surface area contributed by atoms with Crippen LogP contribution in [-0.4, -0.2) is 50.0 Å². The van der Waals surface area contributed by atoms with Crippen molar-refractivity contribution in [3.05, 3.63) is 42.6 Å². The number of hydrazine groups is 3. The summed E-state index contributed by atoms with van der Waals surface area (Å²) >= 11 is 0. The van der Waals surface area contributed by atoms with E-state index in [0.29, 0.717) is 15.0 Å². The molecule has 0 saturated heterocycles. The number of hydrogen-bond donors (Lipinski definition) is 0. The lowest BCUT2D eigenvalue weighted by atomic mass is 10.5. The number of hydrogen-bond acceptors (Lipinski definition) is 6. The van der Waals surface area contributed by atoms with Crippen molar-refractivity contribution >= 4 is 0 Å². The van der Waals surface area contributed by atoms with Gasteiger partial charge in [-0.25, -0.2) is 30.3 Å². The van der Waals surface area contributed by atoms with E-state index in [1.54, 1.807) is 0 Å². The molecule has 1 aliphatic rings. The molecule has 1 aliphatic heterocycles. The van der Waals surface area contributed by atoms with Gasteiger partial charge in [0.1, 0.15) is 6.54 Å². The highest BCUT2D eigenvalue weighted by molar-refractivity contribution is 4.81. The maximum atomic E-state index is 10.6. The molecular weight excluding hydrogens is 240 g/mol. The van der Waals surface area contributed by atoms with Crippen LogP contribution in [0.25, 0.3) is 0 Å². The minimum absolute atomic E-state index is 0.262. The topological polar surface area (TPSA) is 139 Å². The highest BCUT2D eigenvalue weighted by atomic mass is 16.7. The number of rotatable bonds is 3. The molecule has 12 heteroatoms. The minimum atomic E-state index is -0.924. The molecule has 1 rings (SSSR count). The Kier molecular flexibility index (Phi) is 3.58. The van der Waals surface area contributed by atoms with E-state index < -0.39 is 28.4 Å². The molecule has 0 spiro atoms. The zero-order valence-electron chi connectivity index (χ0n) is 8.41. The SMILES string of the molecule is O=[N+]([O-])N1C=CCN([N+](=O)[O-])CN([N+](=O)[O-])C1. The molecule has 0 atom stereocenters. The maximum absolute atomic E-state index is 10.6. The fourth-order valence-corrected chi connectivity index (χ4v) is 1.12. The monoisotopic (exact) mass is 248 g/mol. The van der Waals surface area contributed by atoms with Crippen molar-refractivity contribution in [2.75, 3.05) is 19.9 Å². The van der Waals surface area contributed by atoms with Crippen molar-refractivity contribution in [1.82, 2.24) is 15.0 Å². The molecule has 17 heavy (non-hydrogen) atoms. The van der Waals surface area contributed by atoms with Crippen LogP contribution < -0.4 is 0 Å². The normalized spacial score (nSPS) is 16.4. The second kappa shape index (κ2) is 4.91. The molecule has 12 nitrogen and oxygen atoms in total. The fourth-order valence-electron chi connectivity index (χ4n) is 1.12. The molecular formula is C5H8N6O6. The van der Waals surface area contributed by atoms with Gasteiger partial charge in [0, 0.05) is 0 Å². The lowest BCUT2D eigenvalue weighted by molar-refractivity contribution is -0.733. The molecule has 0 aromatic heterocycles. The van der Waals surface area contributed by atoms with E-state index in [1.807, 2.05) is 0 Å². The van der Waals surface area contributed by atoms with Gasteiger partial charge in [-0.3, -0.25) is 0 Å². The summed E-state index contributed by atoms with van der Waals surface area (Å²) in [4.78, 5) is 31.6. The van der Waals surface area contributed by atoms with E-state index in [-0.39, 0.29) is 6.54 Å². The lowest BCUT2D eigenvalue weighted by Gasteiger charge is -2.22. The van der Waals surface area contributed by atoms with Crippen LogP contribution in [0.2, 0.25) is 0 Å². The van der Waals surface area contributed by atoms with Gasteiger partial charge in [0.15, 0.2) is 15.1 Å². The second-order valence-electron chi connectivity index (χ2n) is 3.02. The average molecular weight is 248 g/mol. The van der Waals surface area contributed by atoms with Crippen LogP contribution in [0.3, 0.4) is 0 Å². The van der Waals surface area contributed by atoms with Crippen molar-refractivity contribution < 1.29 is 15.1 Å². The Morgan fingerprint density at radius 1 is 0.882 bits per heavy atom. The van der Waals surface area contributed by atoms with Crippen LogP contribution in [0.4, 0.5) is 0 Å². The summed E-state index contributed by atoms with van der Waals surface area (Å²) in [6.45, 7) is -1.59. The van der Waals surface area contributed by atoms with Crippen molar-refractivity contribution in [3.8, 4) is 0 Å². The quantitative estimate of drug-likeness (QED) is 0.450. The molecule has 0 unspecified atom stereocenters. The molecule has 0 aromatic carbocycles. The van der Waals surface area contributed by atoms with Crippen LogP contribution in [-0.2, 0) is 0 Å². The summed E-state index contributed by atoms with van der Waals surface area (Å²) in [6, 6.07) is 0. The Morgan fingerprint density at radius 3 is 1.94 bits per heavy atom. The average Bonchev–Trinajstić information content (AvgIpc) is 2.15. The van der Waals surface area contributed by atoms with Gasteiger partial charge >= 0.3 is 0 Å². The van der Waals surface area contributed by atoms with Crippen LogP contribution in [0.15, 0.2) is 12.3 Å². The summed E-state index contributed by atoms with van der Waals surface area (Å²) in [5.41, 5.74) is 0. The minimum Gasteiger partial charge on any atom is -0.235 e. The number of nitro groups is 3. The molecule has 0 bridgehead atoms. The van der Waals surface area contributed by atoms with E-state index in [4.69, 9.17) is 0 Å². The summed E-state index contributed by atoms with van der Waals surface area (Å²) in [5, 5.41) is 30.4. The van der Waals surface area contributed by atoms with Gasteiger partial charge in [0.2, 0.25) is 13.3 Å². The predicted molar refractivity (Wildman–Crippen MR) is 50.2 cm³/mol. The lowest BCUT2D eigenvalue weighted by Crippen LogP contribution is -2.50.